The molecule has 3 aromatic carbocycles. The number of hydrogen-bond acceptors (Lipinski definition) is 6. The van der Waals surface area contributed by atoms with E-state index in [9.17, 15) is 18.0 Å². The Morgan fingerprint density at radius 3 is 2.29 bits per heavy atom. The van der Waals surface area contributed by atoms with Crippen LogP contribution in [0.25, 0.3) is 10.8 Å². The number of methoxy groups -OCH3 is 1. The molecule has 186 valence electrons. The number of nitrogens with one attached hydrogen (secondary N) is 1. The normalized spacial score (nSPS) is 12.4. The van der Waals surface area contributed by atoms with Crippen LogP contribution in [0.5, 0.6) is 5.75 Å². The topological polar surface area (TPSA) is 102 Å². The molecule has 0 spiro atoms. The fraction of sp³-hybridized carbons (Fsp3) is 0.308. The van der Waals surface area contributed by atoms with Crippen LogP contribution in [0.15, 0.2) is 71.6 Å². The molecular formula is C26H30N2O6S. The summed E-state index contributed by atoms with van der Waals surface area (Å²) in [7, 11) is -0.689. The summed E-state index contributed by atoms with van der Waals surface area (Å²) in [5.74, 6) is -0.822. The number of esters is 1. The maximum Gasteiger partial charge on any atom is 0.324 e. The Morgan fingerprint density at radius 2 is 1.63 bits per heavy atom. The predicted molar refractivity (Wildman–Crippen MR) is 133 cm³/mol. The Kier molecular flexibility index (Phi) is 8.48. The summed E-state index contributed by atoms with van der Waals surface area (Å²) in [6.07, 6.45) is 0. The van der Waals surface area contributed by atoms with E-state index in [4.69, 9.17) is 9.47 Å². The minimum absolute atomic E-state index is 0.0445. The monoisotopic (exact) mass is 498 g/mol. The van der Waals surface area contributed by atoms with Crippen LogP contribution in [0.3, 0.4) is 0 Å². The lowest BCUT2D eigenvalue weighted by Gasteiger charge is -2.22. The number of amides is 1. The molecule has 0 heterocycles. The molecule has 0 saturated heterocycles. The van der Waals surface area contributed by atoms with Gasteiger partial charge in [-0.3, -0.25) is 9.59 Å². The minimum Gasteiger partial charge on any atom is -0.497 e. The number of carbonyl (C=O) groups excluding carboxylic acids is 2. The zero-order valence-electron chi connectivity index (χ0n) is 20.2. The Balaban J connectivity index is 1.59. The fourth-order valence-corrected chi connectivity index (χ4v) is 4.84. The van der Waals surface area contributed by atoms with Gasteiger partial charge in [-0.05, 0) is 52.6 Å². The van der Waals surface area contributed by atoms with Crippen molar-refractivity contribution in [3.8, 4) is 5.75 Å². The van der Waals surface area contributed by atoms with Crippen molar-refractivity contribution in [3.05, 3.63) is 72.3 Å². The van der Waals surface area contributed by atoms with E-state index in [1.807, 2.05) is 36.4 Å². The second-order valence-corrected chi connectivity index (χ2v) is 10.3. The number of likely N-dealkylation sites (N-methyl/N-ethyl adjacent to an activating group) is 1. The number of sulfonamides is 1. The molecule has 0 aliphatic heterocycles. The molecule has 1 N–H and O–H groups in total. The molecule has 0 fully saturated rings. The molecule has 0 unspecified atom stereocenters. The average molecular weight is 499 g/mol. The molecule has 0 aliphatic carbocycles. The quantitative estimate of drug-likeness (QED) is 0.430. The predicted octanol–water partition coefficient (Wildman–Crippen LogP) is 3.35. The highest BCUT2D eigenvalue weighted by Crippen LogP contribution is 2.22. The third-order valence-electron chi connectivity index (χ3n) is 5.55. The van der Waals surface area contributed by atoms with Crippen molar-refractivity contribution in [1.29, 1.82) is 0 Å². The standard InChI is InChI=1S/C26H30N2O6S/c1-18(2)25(27-35(31,32)23-8-6-5-7-9-23)26(30)34-17-24(29)28(3)16-19-10-11-21-15-22(33-4)13-12-20(21)14-19/h5-15,18,25,27H,16-17H2,1-4H3/t25-/m0/s1. The number of fused-ring (bicyclic) bond motifs is 1. The van der Waals surface area contributed by atoms with Crippen molar-refractivity contribution in [2.45, 2.75) is 31.3 Å². The second-order valence-electron chi connectivity index (χ2n) is 8.56. The number of nitrogens with zero attached hydrogens (tertiary/aromatic N) is 1. The molecular weight excluding hydrogens is 468 g/mol. The van der Waals surface area contributed by atoms with E-state index in [0.717, 1.165) is 22.1 Å². The van der Waals surface area contributed by atoms with Crippen LogP contribution in [0.1, 0.15) is 19.4 Å². The zero-order valence-corrected chi connectivity index (χ0v) is 21.0. The molecule has 0 aliphatic rings. The van der Waals surface area contributed by atoms with Gasteiger partial charge in [0.15, 0.2) is 6.61 Å². The van der Waals surface area contributed by atoms with Crippen LogP contribution >= 0.6 is 0 Å². The first-order valence-electron chi connectivity index (χ1n) is 11.2. The summed E-state index contributed by atoms with van der Waals surface area (Å²) < 4.78 is 38.1. The summed E-state index contributed by atoms with van der Waals surface area (Å²) in [4.78, 5) is 26.7. The molecule has 9 heteroatoms. The zero-order chi connectivity index (χ0) is 25.6. The Bertz CT molecular complexity index is 1290. The smallest absolute Gasteiger partial charge is 0.324 e. The SMILES string of the molecule is COc1ccc2cc(CN(C)C(=O)COC(=O)[C@@H](NS(=O)(=O)c3ccccc3)C(C)C)ccc2c1. The number of carbonyl (C=O) groups is 2. The van der Waals surface area contributed by atoms with E-state index < -0.39 is 34.5 Å². The molecule has 1 atom stereocenters. The van der Waals surface area contributed by atoms with Crippen molar-refractivity contribution in [1.82, 2.24) is 9.62 Å². The average Bonchev–Trinajstić information content (AvgIpc) is 2.85. The first-order valence-corrected chi connectivity index (χ1v) is 12.6. The molecule has 0 bridgehead atoms. The summed E-state index contributed by atoms with van der Waals surface area (Å²) >= 11 is 0. The highest BCUT2D eigenvalue weighted by Gasteiger charge is 2.30. The first-order chi connectivity index (χ1) is 16.6. The number of ether oxygens (including phenoxy) is 2. The Hall–Kier alpha value is -3.43. The van der Waals surface area contributed by atoms with Gasteiger partial charge in [0.1, 0.15) is 11.8 Å². The van der Waals surface area contributed by atoms with Gasteiger partial charge in [-0.25, -0.2) is 8.42 Å². The number of rotatable bonds is 10. The fourth-order valence-electron chi connectivity index (χ4n) is 3.48. The van der Waals surface area contributed by atoms with E-state index in [1.54, 1.807) is 46.2 Å². The molecule has 0 aromatic heterocycles. The van der Waals surface area contributed by atoms with Crippen LogP contribution < -0.4 is 9.46 Å². The van der Waals surface area contributed by atoms with Gasteiger partial charge >= 0.3 is 5.97 Å². The van der Waals surface area contributed by atoms with Gasteiger partial charge in [-0.2, -0.15) is 4.72 Å². The van der Waals surface area contributed by atoms with Crippen molar-refractivity contribution in [2.75, 3.05) is 20.8 Å². The summed E-state index contributed by atoms with van der Waals surface area (Å²) in [5.41, 5.74) is 0.917. The van der Waals surface area contributed by atoms with Gasteiger partial charge in [-0.15, -0.1) is 0 Å². The molecule has 0 radical (unpaired) electrons. The van der Waals surface area contributed by atoms with Crippen LogP contribution in [0, 0.1) is 5.92 Å². The van der Waals surface area contributed by atoms with Crippen molar-refractivity contribution in [3.63, 3.8) is 0 Å². The molecule has 35 heavy (non-hydrogen) atoms. The third-order valence-corrected chi connectivity index (χ3v) is 7.01. The lowest BCUT2D eigenvalue weighted by molar-refractivity contribution is -0.154. The maximum atomic E-state index is 12.6. The second kappa shape index (κ2) is 11.3. The van der Waals surface area contributed by atoms with Gasteiger partial charge in [-0.1, -0.05) is 50.2 Å². The molecule has 8 nitrogen and oxygen atoms in total. The third kappa shape index (κ3) is 6.80. The molecule has 3 rings (SSSR count). The Morgan fingerprint density at radius 1 is 0.971 bits per heavy atom. The van der Waals surface area contributed by atoms with E-state index in [-0.39, 0.29) is 10.8 Å². The molecule has 1 amide bonds. The van der Waals surface area contributed by atoms with E-state index in [0.29, 0.717) is 6.54 Å². The maximum absolute atomic E-state index is 12.6. The highest BCUT2D eigenvalue weighted by molar-refractivity contribution is 7.89. The van der Waals surface area contributed by atoms with Crippen LogP contribution in [0.2, 0.25) is 0 Å². The first kappa shape index (κ1) is 26.2. The van der Waals surface area contributed by atoms with Crippen LogP contribution in [0.4, 0.5) is 0 Å². The van der Waals surface area contributed by atoms with E-state index >= 15 is 0 Å². The minimum atomic E-state index is -3.92. The summed E-state index contributed by atoms with van der Waals surface area (Å²) in [6, 6.07) is 18.3. The van der Waals surface area contributed by atoms with E-state index in [1.165, 1.54) is 17.0 Å². The van der Waals surface area contributed by atoms with Gasteiger partial charge in [0.2, 0.25) is 10.0 Å². The van der Waals surface area contributed by atoms with Gasteiger partial charge in [0.25, 0.3) is 5.91 Å². The van der Waals surface area contributed by atoms with Crippen LogP contribution in [-0.4, -0.2) is 52.0 Å². The van der Waals surface area contributed by atoms with Crippen molar-refractivity contribution in [2.24, 2.45) is 5.92 Å². The molecule has 0 saturated carbocycles. The van der Waals surface area contributed by atoms with Crippen molar-refractivity contribution >= 4 is 32.7 Å². The lowest BCUT2D eigenvalue weighted by atomic mass is 10.1. The van der Waals surface area contributed by atoms with Gasteiger partial charge in [0.05, 0.1) is 12.0 Å². The van der Waals surface area contributed by atoms with Crippen LogP contribution in [-0.2, 0) is 30.9 Å². The van der Waals surface area contributed by atoms with Gasteiger partial charge < -0.3 is 14.4 Å². The van der Waals surface area contributed by atoms with Crippen molar-refractivity contribution < 1.29 is 27.5 Å². The largest absolute Gasteiger partial charge is 0.497 e. The number of hydrogen-bond donors (Lipinski definition) is 1. The summed E-state index contributed by atoms with van der Waals surface area (Å²) in [5, 5.41) is 2.04. The lowest BCUT2D eigenvalue weighted by Crippen LogP contribution is -2.46. The van der Waals surface area contributed by atoms with E-state index in [2.05, 4.69) is 4.72 Å². The summed E-state index contributed by atoms with van der Waals surface area (Å²) in [6.45, 7) is 3.23. The van der Waals surface area contributed by atoms with Gasteiger partial charge in [0, 0.05) is 13.6 Å². The Labute approximate surface area is 205 Å². The highest BCUT2D eigenvalue weighted by atomic mass is 32.2. The number of benzene rings is 3. The molecule has 3 aromatic rings.